The highest BCUT2D eigenvalue weighted by atomic mass is 19.1. The first-order valence-electron chi connectivity index (χ1n) is 7.65. The van der Waals surface area contributed by atoms with Crippen LogP contribution in [0.25, 0.3) is 0 Å². The topological polar surface area (TPSA) is 18.5 Å². The van der Waals surface area contributed by atoms with Crippen LogP contribution < -0.4 is 10.2 Å². The molecule has 0 aliphatic carbocycles. The van der Waals surface area contributed by atoms with Gasteiger partial charge in [0.15, 0.2) is 0 Å². The Bertz CT molecular complexity index is 469. The molecule has 1 aromatic carbocycles. The zero-order valence-electron chi connectivity index (χ0n) is 12.4. The zero-order valence-corrected chi connectivity index (χ0v) is 12.4. The van der Waals surface area contributed by atoms with E-state index in [9.17, 15) is 4.39 Å². The summed E-state index contributed by atoms with van der Waals surface area (Å²) in [6.45, 7) is 10.5. The zero-order chi connectivity index (χ0) is 14.1. The number of nitrogens with one attached hydrogen (secondary N) is 1. The summed E-state index contributed by atoms with van der Waals surface area (Å²) < 4.78 is 14.3. The molecule has 110 valence electrons. The van der Waals surface area contributed by atoms with E-state index < -0.39 is 0 Å². The van der Waals surface area contributed by atoms with Crippen LogP contribution in [0.5, 0.6) is 0 Å². The smallest absolute Gasteiger partial charge is 0.128 e. The Kier molecular flexibility index (Phi) is 3.94. The number of nitrogens with zero attached hydrogens (tertiary/aromatic N) is 2. The van der Waals surface area contributed by atoms with Crippen molar-refractivity contribution < 1.29 is 4.39 Å². The monoisotopic (exact) mass is 277 g/mol. The van der Waals surface area contributed by atoms with Crippen molar-refractivity contribution in [3.8, 4) is 0 Å². The van der Waals surface area contributed by atoms with Crippen molar-refractivity contribution in [1.82, 2.24) is 10.2 Å². The summed E-state index contributed by atoms with van der Waals surface area (Å²) in [5, 5.41) is 3.37. The highest BCUT2D eigenvalue weighted by Crippen LogP contribution is 2.39. The third-order valence-electron chi connectivity index (χ3n) is 4.48. The van der Waals surface area contributed by atoms with Crippen molar-refractivity contribution in [3.05, 3.63) is 29.6 Å². The number of halogens is 1. The van der Waals surface area contributed by atoms with Gasteiger partial charge in [-0.2, -0.15) is 0 Å². The van der Waals surface area contributed by atoms with Crippen LogP contribution in [0, 0.1) is 5.82 Å². The van der Waals surface area contributed by atoms with Gasteiger partial charge >= 0.3 is 0 Å². The van der Waals surface area contributed by atoms with E-state index in [0.29, 0.717) is 12.0 Å². The average Bonchev–Trinajstić information content (AvgIpc) is 2.80. The second-order valence-electron chi connectivity index (χ2n) is 6.17. The molecule has 0 aromatic heterocycles. The molecule has 1 aromatic rings. The van der Waals surface area contributed by atoms with E-state index in [0.717, 1.165) is 50.5 Å². The molecule has 20 heavy (non-hydrogen) atoms. The van der Waals surface area contributed by atoms with Gasteiger partial charge in [0.05, 0.1) is 0 Å². The molecule has 1 atom stereocenters. The minimum absolute atomic E-state index is 0.0363. The molecule has 2 aliphatic rings. The summed E-state index contributed by atoms with van der Waals surface area (Å²) in [4.78, 5) is 4.80. The molecule has 1 N–H and O–H groups in total. The summed E-state index contributed by atoms with van der Waals surface area (Å²) in [5.74, 6) is 0.262. The second kappa shape index (κ2) is 5.70. The summed E-state index contributed by atoms with van der Waals surface area (Å²) in [7, 11) is 0. The van der Waals surface area contributed by atoms with Crippen LogP contribution in [0.2, 0.25) is 0 Å². The Labute approximate surface area is 120 Å². The van der Waals surface area contributed by atoms with Gasteiger partial charge in [0.2, 0.25) is 0 Å². The van der Waals surface area contributed by atoms with E-state index >= 15 is 0 Å². The van der Waals surface area contributed by atoms with Crippen LogP contribution in [0.3, 0.4) is 0 Å². The third kappa shape index (κ3) is 2.54. The minimum atomic E-state index is -0.0363. The van der Waals surface area contributed by atoms with E-state index in [2.05, 4.69) is 35.0 Å². The third-order valence-corrected chi connectivity index (χ3v) is 4.48. The number of hydrogen-bond acceptors (Lipinski definition) is 3. The number of piperazine rings is 1. The maximum atomic E-state index is 14.3. The maximum Gasteiger partial charge on any atom is 0.128 e. The van der Waals surface area contributed by atoms with Crippen molar-refractivity contribution >= 4 is 5.69 Å². The van der Waals surface area contributed by atoms with Crippen molar-refractivity contribution in [2.75, 3.05) is 44.2 Å². The lowest BCUT2D eigenvalue weighted by molar-refractivity contribution is 0.228. The number of benzene rings is 1. The van der Waals surface area contributed by atoms with Gasteiger partial charge in [-0.15, -0.1) is 0 Å². The van der Waals surface area contributed by atoms with Crippen molar-refractivity contribution in [1.29, 1.82) is 0 Å². The molecule has 0 radical (unpaired) electrons. The molecule has 1 fully saturated rings. The Morgan fingerprint density at radius 2 is 2.05 bits per heavy atom. The first kappa shape index (κ1) is 13.8. The summed E-state index contributed by atoms with van der Waals surface area (Å²) in [6.07, 6.45) is 0. The van der Waals surface area contributed by atoms with E-state index in [-0.39, 0.29) is 5.82 Å². The van der Waals surface area contributed by atoms with Gasteiger partial charge in [-0.25, -0.2) is 4.39 Å². The van der Waals surface area contributed by atoms with Gasteiger partial charge in [-0.05, 0) is 26.0 Å². The number of fused-ring (bicyclic) bond motifs is 1. The van der Waals surface area contributed by atoms with Gasteiger partial charge in [-0.3, -0.25) is 0 Å². The van der Waals surface area contributed by atoms with Crippen LogP contribution in [0.1, 0.15) is 25.3 Å². The molecule has 3 rings (SSSR count). The van der Waals surface area contributed by atoms with Crippen LogP contribution in [0.15, 0.2) is 18.2 Å². The predicted octanol–water partition coefficient (Wildman–Crippen LogP) is 2.04. The Balaban J connectivity index is 1.83. The van der Waals surface area contributed by atoms with Gasteiger partial charge < -0.3 is 15.1 Å². The van der Waals surface area contributed by atoms with Gasteiger partial charge in [0.25, 0.3) is 0 Å². The average molecular weight is 277 g/mol. The lowest BCUT2D eigenvalue weighted by Crippen LogP contribution is -2.45. The maximum absolute atomic E-state index is 14.3. The van der Waals surface area contributed by atoms with Gasteiger partial charge in [0, 0.05) is 62.5 Å². The fraction of sp³-hybridized carbons (Fsp3) is 0.625. The fourth-order valence-electron chi connectivity index (χ4n) is 3.45. The van der Waals surface area contributed by atoms with Crippen LogP contribution in [-0.4, -0.2) is 50.2 Å². The SMILES string of the molecule is CC(C)N1CC(CN2CCNCC2)c2c(F)cccc21. The van der Waals surface area contributed by atoms with E-state index in [1.165, 1.54) is 0 Å². The van der Waals surface area contributed by atoms with Crippen LogP contribution >= 0.6 is 0 Å². The minimum Gasteiger partial charge on any atom is -0.368 e. The number of rotatable bonds is 3. The standard InChI is InChI=1S/C16H24FN3/c1-12(2)20-11-13(10-19-8-6-18-7-9-19)16-14(17)4-3-5-15(16)20/h3-5,12-13,18H,6-11H2,1-2H3. The first-order chi connectivity index (χ1) is 9.66. The number of hydrogen-bond donors (Lipinski definition) is 1. The molecule has 0 amide bonds. The summed E-state index contributed by atoms with van der Waals surface area (Å²) in [5.41, 5.74) is 2.03. The molecule has 2 aliphatic heterocycles. The quantitative estimate of drug-likeness (QED) is 0.912. The van der Waals surface area contributed by atoms with E-state index in [4.69, 9.17) is 0 Å². The van der Waals surface area contributed by atoms with Crippen molar-refractivity contribution in [2.45, 2.75) is 25.8 Å². The molecule has 0 bridgehead atoms. The molecule has 4 heteroatoms. The Morgan fingerprint density at radius 1 is 1.30 bits per heavy atom. The van der Waals surface area contributed by atoms with Crippen LogP contribution in [0.4, 0.5) is 10.1 Å². The highest BCUT2D eigenvalue weighted by Gasteiger charge is 2.33. The van der Waals surface area contributed by atoms with E-state index in [1.807, 2.05) is 6.07 Å². The molecular formula is C16H24FN3. The largest absolute Gasteiger partial charge is 0.368 e. The molecule has 3 nitrogen and oxygen atoms in total. The molecular weight excluding hydrogens is 253 g/mol. The van der Waals surface area contributed by atoms with Crippen molar-refractivity contribution in [3.63, 3.8) is 0 Å². The summed E-state index contributed by atoms with van der Waals surface area (Å²) in [6, 6.07) is 5.92. The van der Waals surface area contributed by atoms with Crippen LogP contribution in [-0.2, 0) is 0 Å². The summed E-state index contributed by atoms with van der Waals surface area (Å²) >= 11 is 0. The predicted molar refractivity (Wildman–Crippen MR) is 80.9 cm³/mol. The van der Waals surface area contributed by atoms with E-state index in [1.54, 1.807) is 6.07 Å². The Morgan fingerprint density at radius 3 is 2.75 bits per heavy atom. The highest BCUT2D eigenvalue weighted by molar-refractivity contribution is 5.61. The van der Waals surface area contributed by atoms with Gasteiger partial charge in [0.1, 0.15) is 5.82 Å². The van der Waals surface area contributed by atoms with Gasteiger partial charge in [-0.1, -0.05) is 6.07 Å². The second-order valence-corrected chi connectivity index (χ2v) is 6.17. The fourth-order valence-corrected chi connectivity index (χ4v) is 3.45. The molecule has 1 unspecified atom stereocenters. The van der Waals surface area contributed by atoms with Crippen molar-refractivity contribution in [2.24, 2.45) is 0 Å². The lowest BCUT2D eigenvalue weighted by Gasteiger charge is -2.30. The Hall–Kier alpha value is -1.13. The molecule has 0 saturated carbocycles. The molecule has 0 spiro atoms. The first-order valence-corrected chi connectivity index (χ1v) is 7.65. The lowest BCUT2D eigenvalue weighted by atomic mass is 10.00. The molecule has 1 saturated heterocycles. The molecule has 2 heterocycles. The number of anilines is 1. The normalized spacial score (nSPS) is 23.4.